The summed E-state index contributed by atoms with van der Waals surface area (Å²) in [7, 11) is 0. The molecule has 0 unspecified atom stereocenters. The number of thioether (sulfide) groups is 1. The summed E-state index contributed by atoms with van der Waals surface area (Å²) in [6.45, 7) is 0.303. The normalized spacial score (nSPS) is 16.0. The second-order valence-corrected chi connectivity index (χ2v) is 9.02. The molecule has 6 heteroatoms. The topological polar surface area (TPSA) is 29.5 Å². The smallest absolute Gasteiger partial charge is 0.238 e. The summed E-state index contributed by atoms with van der Waals surface area (Å²) in [5.74, 6) is 0.854. The molecule has 5 rings (SSSR count). The van der Waals surface area contributed by atoms with Gasteiger partial charge in [0.15, 0.2) is 0 Å². The molecule has 1 heterocycles. The highest BCUT2D eigenvalue weighted by Crippen LogP contribution is 2.47. The first-order valence-corrected chi connectivity index (χ1v) is 11.6. The Bertz CT molecular complexity index is 1280. The molecule has 160 valence electrons. The number of carbonyl (C=O) groups excluding carboxylic acids is 1. The van der Waals surface area contributed by atoms with Crippen molar-refractivity contribution in [1.82, 2.24) is 0 Å². The Morgan fingerprint density at radius 3 is 2.50 bits per heavy atom. The molecule has 1 fully saturated rings. The van der Waals surface area contributed by atoms with Crippen LogP contribution in [0.3, 0.4) is 0 Å². The average Bonchev–Trinajstić information content (AvgIpc) is 3.19. The Morgan fingerprint density at radius 1 is 0.969 bits per heavy atom. The molecule has 1 aliphatic rings. The molecule has 1 saturated heterocycles. The fraction of sp³-hybridized carbons (Fsp3) is 0.115. The lowest BCUT2D eigenvalue weighted by molar-refractivity contribution is -0.115. The lowest BCUT2D eigenvalue weighted by Gasteiger charge is -2.27. The third kappa shape index (κ3) is 4.06. The van der Waals surface area contributed by atoms with E-state index in [1.807, 2.05) is 41.3 Å². The van der Waals surface area contributed by atoms with Crippen molar-refractivity contribution in [3.8, 4) is 5.75 Å². The van der Waals surface area contributed by atoms with Gasteiger partial charge in [-0.1, -0.05) is 54.1 Å². The van der Waals surface area contributed by atoms with Gasteiger partial charge in [0.05, 0.1) is 5.75 Å². The van der Waals surface area contributed by atoms with Crippen molar-refractivity contribution in [1.29, 1.82) is 0 Å². The van der Waals surface area contributed by atoms with Gasteiger partial charge in [0.25, 0.3) is 0 Å². The molecule has 0 aliphatic carbocycles. The van der Waals surface area contributed by atoms with Crippen molar-refractivity contribution in [3.05, 3.63) is 107 Å². The monoisotopic (exact) mass is 463 g/mol. The zero-order valence-corrected chi connectivity index (χ0v) is 18.6. The molecule has 32 heavy (non-hydrogen) atoms. The summed E-state index contributed by atoms with van der Waals surface area (Å²) in [6, 6.07) is 25.6. The number of hydrogen-bond acceptors (Lipinski definition) is 3. The SMILES string of the molecule is O=C1CS[C@@H](c2c(OCc3ccc(F)cc3)ccc3ccccc23)N1c1ccc(Cl)cc1. The first-order chi connectivity index (χ1) is 15.6. The van der Waals surface area contributed by atoms with Crippen molar-refractivity contribution in [2.45, 2.75) is 12.0 Å². The zero-order valence-electron chi connectivity index (χ0n) is 17.0. The van der Waals surface area contributed by atoms with Gasteiger partial charge in [0.1, 0.15) is 23.5 Å². The van der Waals surface area contributed by atoms with Crippen LogP contribution in [0.15, 0.2) is 84.9 Å². The number of fused-ring (bicyclic) bond motifs is 1. The van der Waals surface area contributed by atoms with Gasteiger partial charge < -0.3 is 4.74 Å². The van der Waals surface area contributed by atoms with Crippen LogP contribution in [0.4, 0.5) is 10.1 Å². The van der Waals surface area contributed by atoms with E-state index in [4.69, 9.17) is 16.3 Å². The molecule has 0 bridgehead atoms. The van der Waals surface area contributed by atoms with Gasteiger partial charge in [-0.05, 0) is 58.8 Å². The maximum absolute atomic E-state index is 13.3. The van der Waals surface area contributed by atoms with Crippen LogP contribution >= 0.6 is 23.4 Å². The summed E-state index contributed by atoms with van der Waals surface area (Å²) in [5, 5.41) is 2.50. The van der Waals surface area contributed by atoms with E-state index in [0.717, 1.165) is 27.6 Å². The minimum absolute atomic E-state index is 0.0414. The Kier molecular flexibility index (Phi) is 5.77. The second kappa shape index (κ2) is 8.85. The Morgan fingerprint density at radius 2 is 1.72 bits per heavy atom. The van der Waals surface area contributed by atoms with E-state index in [0.29, 0.717) is 23.1 Å². The van der Waals surface area contributed by atoms with E-state index in [-0.39, 0.29) is 17.1 Å². The molecule has 0 radical (unpaired) electrons. The maximum Gasteiger partial charge on any atom is 0.238 e. The Labute approximate surface area is 194 Å². The highest BCUT2D eigenvalue weighted by atomic mass is 35.5. The van der Waals surface area contributed by atoms with Crippen LogP contribution in [0, 0.1) is 5.82 Å². The predicted octanol–water partition coefficient (Wildman–Crippen LogP) is 6.99. The Hall–Kier alpha value is -3.02. The van der Waals surface area contributed by atoms with Crippen molar-refractivity contribution >= 4 is 45.7 Å². The zero-order chi connectivity index (χ0) is 22.1. The number of carbonyl (C=O) groups is 1. The average molecular weight is 464 g/mol. The van der Waals surface area contributed by atoms with Gasteiger partial charge in [0, 0.05) is 16.3 Å². The molecule has 0 N–H and O–H groups in total. The summed E-state index contributed by atoms with van der Waals surface area (Å²) in [5.41, 5.74) is 2.62. The van der Waals surface area contributed by atoms with E-state index in [2.05, 4.69) is 12.1 Å². The van der Waals surface area contributed by atoms with E-state index in [1.165, 1.54) is 12.1 Å². The molecule has 1 amide bonds. The molecule has 0 saturated carbocycles. The molecule has 1 aliphatic heterocycles. The van der Waals surface area contributed by atoms with Crippen LogP contribution in [0.5, 0.6) is 5.75 Å². The van der Waals surface area contributed by atoms with Crippen LogP contribution in [0.1, 0.15) is 16.5 Å². The molecular weight excluding hydrogens is 445 g/mol. The number of nitrogens with zero attached hydrogens (tertiary/aromatic N) is 1. The van der Waals surface area contributed by atoms with Crippen LogP contribution in [-0.2, 0) is 11.4 Å². The summed E-state index contributed by atoms with van der Waals surface area (Å²) >= 11 is 7.65. The number of hydrogen-bond donors (Lipinski definition) is 0. The lowest BCUT2D eigenvalue weighted by Crippen LogP contribution is -2.28. The van der Waals surface area contributed by atoms with E-state index < -0.39 is 0 Å². The number of benzene rings is 4. The molecule has 0 aromatic heterocycles. The highest BCUT2D eigenvalue weighted by Gasteiger charge is 2.36. The van der Waals surface area contributed by atoms with E-state index in [1.54, 1.807) is 36.0 Å². The van der Waals surface area contributed by atoms with Crippen molar-refractivity contribution in [2.24, 2.45) is 0 Å². The quantitative estimate of drug-likeness (QED) is 0.319. The van der Waals surface area contributed by atoms with Gasteiger partial charge in [-0.15, -0.1) is 11.8 Å². The standard InChI is InChI=1S/C26H19ClFNO2S/c27-19-8-12-21(13-9-19)29-24(30)16-32-26(29)25-22-4-2-1-3-18(22)7-14-23(25)31-15-17-5-10-20(28)11-6-17/h1-14,26H,15-16H2/t26-/m0/s1. The van der Waals surface area contributed by atoms with Crippen molar-refractivity contribution < 1.29 is 13.9 Å². The number of anilines is 1. The number of rotatable bonds is 5. The second-order valence-electron chi connectivity index (χ2n) is 7.52. The first-order valence-electron chi connectivity index (χ1n) is 10.2. The van der Waals surface area contributed by atoms with Gasteiger partial charge in [0.2, 0.25) is 5.91 Å². The molecule has 0 spiro atoms. The third-order valence-corrected chi connectivity index (χ3v) is 6.89. The largest absolute Gasteiger partial charge is 0.488 e. The van der Waals surface area contributed by atoms with Crippen LogP contribution in [0.2, 0.25) is 5.02 Å². The van der Waals surface area contributed by atoms with Gasteiger partial charge in [-0.25, -0.2) is 4.39 Å². The van der Waals surface area contributed by atoms with Crippen molar-refractivity contribution in [3.63, 3.8) is 0 Å². The number of amides is 1. The molecule has 1 atom stereocenters. The van der Waals surface area contributed by atoms with Crippen molar-refractivity contribution in [2.75, 3.05) is 10.7 Å². The van der Waals surface area contributed by atoms with E-state index in [9.17, 15) is 9.18 Å². The first kappa shape index (κ1) is 20.9. The van der Waals surface area contributed by atoms with Gasteiger partial charge in [-0.2, -0.15) is 0 Å². The van der Waals surface area contributed by atoms with Gasteiger partial charge >= 0.3 is 0 Å². The highest BCUT2D eigenvalue weighted by molar-refractivity contribution is 8.00. The molecule has 4 aromatic carbocycles. The fourth-order valence-electron chi connectivity index (χ4n) is 3.92. The van der Waals surface area contributed by atoms with Crippen LogP contribution in [0.25, 0.3) is 10.8 Å². The lowest BCUT2D eigenvalue weighted by atomic mass is 10.0. The predicted molar refractivity (Wildman–Crippen MR) is 129 cm³/mol. The number of ether oxygens (including phenoxy) is 1. The fourth-order valence-corrected chi connectivity index (χ4v) is 5.28. The van der Waals surface area contributed by atoms with Gasteiger partial charge in [-0.3, -0.25) is 9.69 Å². The maximum atomic E-state index is 13.3. The number of halogens is 2. The minimum atomic E-state index is -0.278. The third-order valence-electron chi connectivity index (χ3n) is 5.46. The summed E-state index contributed by atoms with van der Waals surface area (Å²) in [6.07, 6.45) is 0. The molecular formula is C26H19ClFNO2S. The molecule has 3 nitrogen and oxygen atoms in total. The summed E-state index contributed by atoms with van der Waals surface area (Å²) in [4.78, 5) is 14.7. The minimum Gasteiger partial charge on any atom is -0.488 e. The van der Waals surface area contributed by atoms with Crippen LogP contribution < -0.4 is 9.64 Å². The molecule has 4 aromatic rings. The van der Waals surface area contributed by atoms with E-state index >= 15 is 0 Å². The summed E-state index contributed by atoms with van der Waals surface area (Å²) < 4.78 is 19.5. The Balaban J connectivity index is 1.57. The van der Waals surface area contributed by atoms with Crippen LogP contribution in [-0.4, -0.2) is 11.7 Å².